The van der Waals surface area contributed by atoms with Gasteiger partial charge in [-0.1, -0.05) is 13.0 Å². The Hall–Kier alpha value is -0.390. The Kier molecular flexibility index (Phi) is 6.16. The predicted octanol–water partition coefficient (Wildman–Crippen LogP) is 1.36. The lowest BCUT2D eigenvalue weighted by Crippen LogP contribution is -2.35. The zero-order valence-electron chi connectivity index (χ0n) is 10.7. The Morgan fingerprint density at radius 1 is 1.41 bits per heavy atom. The average molecular weight is 260 g/mol. The molecular weight excluding hydrogens is 236 g/mol. The van der Waals surface area contributed by atoms with Gasteiger partial charge in [-0.25, -0.2) is 8.42 Å². The van der Waals surface area contributed by atoms with Gasteiger partial charge in [-0.15, -0.1) is 6.58 Å². The van der Waals surface area contributed by atoms with Crippen molar-refractivity contribution in [3.05, 3.63) is 12.7 Å². The standard InChI is InChI=1S/C12H24N2O2S/c1-3-8-13-9-5-11-17(15,16)14(10-4-2)12-6-7-12/h4,12-13H,2-3,5-11H2,1H3. The molecule has 1 aliphatic rings. The van der Waals surface area contributed by atoms with Crippen LogP contribution in [0.1, 0.15) is 32.6 Å². The van der Waals surface area contributed by atoms with E-state index in [9.17, 15) is 8.42 Å². The normalized spacial score (nSPS) is 16.4. The van der Waals surface area contributed by atoms with Crippen LogP contribution in [-0.4, -0.2) is 44.2 Å². The summed E-state index contributed by atoms with van der Waals surface area (Å²) in [6.07, 6.45) is 5.44. The molecule has 0 radical (unpaired) electrons. The van der Waals surface area contributed by atoms with E-state index in [4.69, 9.17) is 0 Å². The molecule has 0 amide bonds. The number of hydrogen-bond acceptors (Lipinski definition) is 3. The third-order valence-corrected chi connectivity index (χ3v) is 4.77. The Morgan fingerprint density at radius 3 is 2.65 bits per heavy atom. The molecule has 1 rings (SSSR count). The van der Waals surface area contributed by atoms with Crippen LogP contribution in [0.4, 0.5) is 0 Å². The number of nitrogens with one attached hydrogen (secondary N) is 1. The quantitative estimate of drug-likeness (QED) is 0.476. The maximum Gasteiger partial charge on any atom is 0.214 e. The van der Waals surface area contributed by atoms with Crippen LogP contribution in [0.25, 0.3) is 0 Å². The number of nitrogens with zero attached hydrogens (tertiary/aromatic N) is 1. The second-order valence-corrected chi connectivity index (χ2v) is 6.55. The monoisotopic (exact) mass is 260 g/mol. The first-order chi connectivity index (χ1) is 8.11. The lowest BCUT2D eigenvalue weighted by molar-refractivity contribution is 0.434. The fraction of sp³-hybridized carbons (Fsp3) is 0.833. The summed E-state index contributed by atoms with van der Waals surface area (Å²) in [5.74, 6) is 0.244. The van der Waals surface area contributed by atoms with Crippen molar-refractivity contribution in [2.45, 2.75) is 38.6 Å². The molecule has 0 unspecified atom stereocenters. The molecule has 1 N–H and O–H groups in total. The second-order valence-electron chi connectivity index (χ2n) is 4.51. The summed E-state index contributed by atoms with van der Waals surface area (Å²) in [6.45, 7) is 7.91. The Labute approximate surface area is 105 Å². The van der Waals surface area contributed by atoms with Gasteiger partial charge in [0.1, 0.15) is 0 Å². The summed E-state index contributed by atoms with van der Waals surface area (Å²) >= 11 is 0. The van der Waals surface area contributed by atoms with Crippen LogP contribution >= 0.6 is 0 Å². The van der Waals surface area contributed by atoms with Crippen molar-refractivity contribution >= 4 is 10.0 Å². The minimum atomic E-state index is -3.09. The largest absolute Gasteiger partial charge is 0.317 e. The van der Waals surface area contributed by atoms with Gasteiger partial charge in [0.25, 0.3) is 0 Å². The molecule has 0 aromatic rings. The zero-order valence-corrected chi connectivity index (χ0v) is 11.5. The van der Waals surface area contributed by atoms with Crippen molar-refractivity contribution in [1.29, 1.82) is 0 Å². The van der Waals surface area contributed by atoms with Crippen LogP contribution in [0.15, 0.2) is 12.7 Å². The third-order valence-electron chi connectivity index (χ3n) is 2.80. The number of hydrogen-bond donors (Lipinski definition) is 1. The summed E-state index contributed by atoms with van der Waals surface area (Å²) in [5, 5.41) is 3.22. The van der Waals surface area contributed by atoms with Crippen LogP contribution in [-0.2, 0) is 10.0 Å². The van der Waals surface area contributed by atoms with Gasteiger partial charge in [0.05, 0.1) is 5.75 Å². The van der Waals surface area contributed by atoms with Gasteiger partial charge in [-0.05, 0) is 38.8 Å². The third kappa shape index (κ3) is 5.19. The molecule has 17 heavy (non-hydrogen) atoms. The van der Waals surface area contributed by atoms with Crippen molar-refractivity contribution in [3.8, 4) is 0 Å². The molecular formula is C12H24N2O2S. The first-order valence-corrected chi connectivity index (χ1v) is 8.04. The van der Waals surface area contributed by atoms with Gasteiger partial charge < -0.3 is 5.32 Å². The van der Waals surface area contributed by atoms with E-state index in [1.807, 2.05) is 0 Å². The molecule has 4 nitrogen and oxygen atoms in total. The van der Waals surface area contributed by atoms with E-state index in [1.54, 1.807) is 10.4 Å². The minimum Gasteiger partial charge on any atom is -0.317 e. The fourth-order valence-corrected chi connectivity index (χ4v) is 3.52. The van der Waals surface area contributed by atoms with Gasteiger partial charge in [0.15, 0.2) is 0 Å². The molecule has 1 fully saturated rings. The number of rotatable bonds is 10. The maximum absolute atomic E-state index is 12.1. The summed E-state index contributed by atoms with van der Waals surface area (Å²) in [4.78, 5) is 0. The van der Waals surface area contributed by atoms with Gasteiger partial charge in [-0.3, -0.25) is 0 Å². The van der Waals surface area contributed by atoms with E-state index in [0.717, 1.165) is 32.4 Å². The Bertz CT molecular complexity index is 323. The van der Waals surface area contributed by atoms with Crippen molar-refractivity contribution < 1.29 is 8.42 Å². The van der Waals surface area contributed by atoms with Crippen LogP contribution in [0.3, 0.4) is 0 Å². The van der Waals surface area contributed by atoms with E-state index >= 15 is 0 Å². The van der Waals surface area contributed by atoms with Crippen LogP contribution in [0.5, 0.6) is 0 Å². The molecule has 0 atom stereocenters. The van der Waals surface area contributed by atoms with E-state index in [-0.39, 0.29) is 11.8 Å². The molecule has 0 heterocycles. The lowest BCUT2D eigenvalue weighted by atomic mass is 10.4. The van der Waals surface area contributed by atoms with E-state index in [0.29, 0.717) is 13.0 Å². The van der Waals surface area contributed by atoms with E-state index in [2.05, 4.69) is 18.8 Å². The molecule has 0 aliphatic heterocycles. The van der Waals surface area contributed by atoms with Crippen molar-refractivity contribution in [1.82, 2.24) is 9.62 Å². The molecule has 0 aromatic heterocycles. The highest BCUT2D eigenvalue weighted by Gasteiger charge is 2.35. The van der Waals surface area contributed by atoms with Gasteiger partial charge in [-0.2, -0.15) is 4.31 Å². The first kappa shape index (κ1) is 14.7. The van der Waals surface area contributed by atoms with E-state index < -0.39 is 10.0 Å². The van der Waals surface area contributed by atoms with Crippen molar-refractivity contribution in [3.63, 3.8) is 0 Å². The molecule has 5 heteroatoms. The molecule has 0 bridgehead atoms. The molecule has 1 saturated carbocycles. The summed E-state index contributed by atoms with van der Waals surface area (Å²) in [6, 6.07) is 0.238. The topological polar surface area (TPSA) is 49.4 Å². The molecule has 1 aliphatic carbocycles. The minimum absolute atomic E-state index is 0.238. The smallest absolute Gasteiger partial charge is 0.214 e. The second kappa shape index (κ2) is 7.13. The van der Waals surface area contributed by atoms with Gasteiger partial charge >= 0.3 is 0 Å². The van der Waals surface area contributed by atoms with Gasteiger partial charge in [0, 0.05) is 12.6 Å². The van der Waals surface area contributed by atoms with Crippen molar-refractivity contribution in [2.24, 2.45) is 0 Å². The van der Waals surface area contributed by atoms with Crippen LogP contribution in [0, 0.1) is 0 Å². The molecule has 0 spiro atoms. The lowest BCUT2D eigenvalue weighted by Gasteiger charge is -2.20. The SMILES string of the molecule is C=CCN(C1CC1)S(=O)(=O)CCCNCCC. The first-order valence-electron chi connectivity index (χ1n) is 6.43. The van der Waals surface area contributed by atoms with Gasteiger partial charge in [0.2, 0.25) is 10.0 Å². The number of sulfonamides is 1. The van der Waals surface area contributed by atoms with Crippen LogP contribution < -0.4 is 5.32 Å². The Balaban J connectivity index is 2.34. The van der Waals surface area contributed by atoms with E-state index in [1.165, 1.54) is 0 Å². The molecule has 0 saturated heterocycles. The summed E-state index contributed by atoms with van der Waals surface area (Å²) in [7, 11) is -3.09. The summed E-state index contributed by atoms with van der Waals surface area (Å²) < 4.78 is 25.8. The molecule has 0 aromatic carbocycles. The highest BCUT2D eigenvalue weighted by molar-refractivity contribution is 7.89. The van der Waals surface area contributed by atoms with Crippen molar-refractivity contribution in [2.75, 3.05) is 25.4 Å². The Morgan fingerprint density at radius 2 is 2.12 bits per heavy atom. The predicted molar refractivity (Wildman–Crippen MR) is 71.5 cm³/mol. The highest BCUT2D eigenvalue weighted by Crippen LogP contribution is 2.29. The highest BCUT2D eigenvalue weighted by atomic mass is 32.2. The zero-order chi connectivity index (χ0) is 12.7. The fourth-order valence-electron chi connectivity index (χ4n) is 1.78. The average Bonchev–Trinajstić information content (AvgIpc) is 3.09. The maximum atomic E-state index is 12.1. The van der Waals surface area contributed by atoms with Crippen LogP contribution in [0.2, 0.25) is 0 Å². The summed E-state index contributed by atoms with van der Waals surface area (Å²) in [5.41, 5.74) is 0. The molecule has 100 valence electrons.